The van der Waals surface area contributed by atoms with Crippen molar-refractivity contribution in [3.8, 4) is 44.3 Å². The summed E-state index contributed by atoms with van der Waals surface area (Å²) < 4.78 is 9.90. The molecule has 7 heterocycles. The standard InChI is InChI=1S/C68H54N4S/c1-44-34-48(38-50-40-59-57(37-45(50)2)65-32-31-49(66-46(3)36-47(4)73-66)41-72(65)68(59)58-27-15-12-24-54(58)64-30-18-19-33-71(64)68)39-51(35-44)67(5,60-42-69(52-20-8-6-9-21-52)62-28-16-13-25-55(60)62)61-43-70(53-22-10-7-11-23-53)63-29-17-14-26-56(61)63/h6-37,39-43H,38H2,1-5H3/q+2. The summed E-state index contributed by atoms with van der Waals surface area (Å²) in [4.78, 5) is 2.66. The van der Waals surface area contributed by atoms with Crippen LogP contribution in [0.1, 0.15) is 67.4 Å². The number of para-hydroxylation sites is 4. The van der Waals surface area contributed by atoms with Gasteiger partial charge >= 0.3 is 5.66 Å². The van der Waals surface area contributed by atoms with Crippen molar-refractivity contribution in [3.63, 3.8) is 0 Å². The fraction of sp³-hybridized carbons (Fsp3) is 0.118. The molecule has 2 aliphatic rings. The van der Waals surface area contributed by atoms with E-state index in [0.29, 0.717) is 0 Å². The van der Waals surface area contributed by atoms with Gasteiger partial charge in [-0.1, -0.05) is 109 Å². The molecule has 0 aliphatic carbocycles. The van der Waals surface area contributed by atoms with Gasteiger partial charge in [-0.25, -0.2) is 0 Å². The maximum absolute atomic E-state index is 2.59. The number of hydrogen-bond acceptors (Lipinski definition) is 1. The van der Waals surface area contributed by atoms with Gasteiger partial charge in [0.05, 0.1) is 27.7 Å². The molecule has 1 atom stereocenters. The van der Waals surface area contributed by atoms with Crippen molar-refractivity contribution in [3.05, 3.63) is 285 Å². The zero-order chi connectivity index (χ0) is 49.2. The highest BCUT2D eigenvalue weighted by Crippen LogP contribution is 2.50. The molecule has 2 aliphatic heterocycles. The minimum absolute atomic E-state index is 0.583. The second-order valence-electron chi connectivity index (χ2n) is 20.6. The van der Waals surface area contributed by atoms with Crippen molar-refractivity contribution in [1.82, 2.24) is 9.13 Å². The number of aromatic nitrogens is 4. The van der Waals surface area contributed by atoms with E-state index in [9.17, 15) is 0 Å². The van der Waals surface area contributed by atoms with Crippen LogP contribution in [0.3, 0.4) is 0 Å². The van der Waals surface area contributed by atoms with E-state index in [0.717, 1.165) is 17.8 Å². The first kappa shape index (κ1) is 43.4. The van der Waals surface area contributed by atoms with E-state index >= 15 is 0 Å². The normalized spacial score (nSPS) is 14.5. The van der Waals surface area contributed by atoms with Gasteiger partial charge in [-0.05, 0) is 159 Å². The Morgan fingerprint density at radius 1 is 0.521 bits per heavy atom. The molecule has 12 aromatic rings. The summed E-state index contributed by atoms with van der Waals surface area (Å²) in [5, 5.41) is 2.49. The zero-order valence-corrected chi connectivity index (χ0v) is 42.6. The van der Waals surface area contributed by atoms with Crippen LogP contribution in [-0.4, -0.2) is 9.13 Å². The molecule has 0 saturated carbocycles. The van der Waals surface area contributed by atoms with Crippen molar-refractivity contribution in [1.29, 1.82) is 0 Å². The number of hydrogen-bond donors (Lipinski definition) is 0. The molecule has 5 heteroatoms. The van der Waals surface area contributed by atoms with E-state index in [1.54, 1.807) is 0 Å². The number of nitrogens with zero attached hydrogens (tertiary/aromatic N) is 4. The van der Waals surface area contributed by atoms with Gasteiger partial charge in [0.2, 0.25) is 11.4 Å². The lowest BCUT2D eigenvalue weighted by Crippen LogP contribution is -2.71. The molecule has 1 unspecified atom stereocenters. The van der Waals surface area contributed by atoms with Crippen LogP contribution in [0.5, 0.6) is 0 Å². The Morgan fingerprint density at radius 3 is 1.81 bits per heavy atom. The van der Waals surface area contributed by atoms with Crippen LogP contribution in [-0.2, 0) is 17.5 Å². The quantitative estimate of drug-likeness (QED) is 0.135. The fourth-order valence-electron chi connectivity index (χ4n) is 12.9. The third kappa shape index (κ3) is 6.38. The average Bonchev–Trinajstić information content (AvgIpc) is 4.23. The van der Waals surface area contributed by atoms with E-state index in [4.69, 9.17) is 0 Å². The Balaban J connectivity index is 0.976. The SMILES string of the molecule is Cc1cc(Cc2cc3c(cc2C)-c2ccc(-c4sc(C)cc4C)c[n+]2C32c3ccccc3-c3cccc[n+]32)cc(C(C)(c2cn(-c3ccccc3)c3ccccc23)c2cn(-c3ccccc3)c3ccccc23)c1. The van der Waals surface area contributed by atoms with E-state index < -0.39 is 11.1 Å². The molecule has 14 rings (SSSR count). The molecule has 0 amide bonds. The van der Waals surface area contributed by atoms with E-state index in [2.05, 4.69) is 278 Å². The number of fused-ring (bicyclic) bond motifs is 12. The van der Waals surface area contributed by atoms with Gasteiger partial charge in [0.25, 0.3) is 0 Å². The summed E-state index contributed by atoms with van der Waals surface area (Å²) in [7, 11) is 0. The molecule has 0 bridgehead atoms. The molecule has 0 radical (unpaired) electrons. The molecule has 73 heavy (non-hydrogen) atoms. The van der Waals surface area contributed by atoms with Crippen molar-refractivity contribution < 1.29 is 9.13 Å². The minimum Gasteiger partial charge on any atom is -0.316 e. The Labute approximate surface area is 431 Å². The summed E-state index contributed by atoms with van der Waals surface area (Å²) in [6, 6.07) is 74.7. The molecule has 5 aromatic heterocycles. The van der Waals surface area contributed by atoms with Crippen LogP contribution in [0.25, 0.3) is 66.1 Å². The average molecular weight is 959 g/mol. The van der Waals surface area contributed by atoms with Crippen molar-refractivity contribution >= 4 is 33.1 Å². The molecule has 4 nitrogen and oxygen atoms in total. The Bertz CT molecular complexity index is 4030. The molecule has 7 aromatic carbocycles. The first-order valence-corrected chi connectivity index (χ1v) is 26.3. The van der Waals surface area contributed by atoms with Gasteiger partial charge < -0.3 is 9.13 Å². The fourth-order valence-corrected chi connectivity index (χ4v) is 13.9. The summed E-state index contributed by atoms with van der Waals surface area (Å²) in [6.45, 7) is 11.5. The third-order valence-electron chi connectivity index (χ3n) is 16.2. The van der Waals surface area contributed by atoms with E-state index in [-0.39, 0.29) is 0 Å². The summed E-state index contributed by atoms with van der Waals surface area (Å²) in [6.07, 6.45) is 10.3. The topological polar surface area (TPSA) is 17.6 Å². The van der Waals surface area contributed by atoms with Crippen molar-refractivity contribution in [2.75, 3.05) is 0 Å². The zero-order valence-electron chi connectivity index (χ0n) is 41.8. The number of thiophene rings is 1. The van der Waals surface area contributed by atoms with Crippen molar-refractivity contribution in [2.24, 2.45) is 0 Å². The molecular weight excluding hydrogens is 905 g/mol. The highest BCUT2D eigenvalue weighted by molar-refractivity contribution is 7.15. The maximum Gasteiger partial charge on any atom is 0.417 e. The number of aryl methyl sites for hydroxylation is 4. The largest absolute Gasteiger partial charge is 0.417 e. The minimum atomic E-state index is -0.618. The lowest BCUT2D eigenvalue weighted by atomic mass is 9.70. The molecule has 1 spiro atoms. The summed E-state index contributed by atoms with van der Waals surface area (Å²) in [5.74, 6) is 0. The lowest BCUT2D eigenvalue weighted by Gasteiger charge is -2.32. The predicted molar refractivity (Wildman–Crippen MR) is 299 cm³/mol. The van der Waals surface area contributed by atoms with Gasteiger partial charge in [-0.15, -0.1) is 20.5 Å². The first-order chi connectivity index (χ1) is 35.7. The van der Waals surface area contributed by atoms with Gasteiger partial charge in [0.15, 0.2) is 12.4 Å². The van der Waals surface area contributed by atoms with E-state index in [1.165, 1.54) is 115 Å². The molecular formula is C68H54N4S+2. The van der Waals surface area contributed by atoms with Crippen LogP contribution in [0.2, 0.25) is 0 Å². The van der Waals surface area contributed by atoms with Gasteiger partial charge in [0, 0.05) is 67.9 Å². The Morgan fingerprint density at radius 2 is 1.14 bits per heavy atom. The van der Waals surface area contributed by atoms with Gasteiger partial charge in [-0.2, -0.15) is 0 Å². The van der Waals surface area contributed by atoms with Crippen LogP contribution in [0, 0.1) is 27.7 Å². The number of pyridine rings is 2. The summed E-state index contributed by atoms with van der Waals surface area (Å²) in [5.41, 5.74) is 22.7. The Kier molecular flexibility index (Phi) is 9.71. The number of rotatable bonds is 8. The van der Waals surface area contributed by atoms with Crippen molar-refractivity contribution in [2.45, 2.75) is 52.1 Å². The first-order valence-electron chi connectivity index (χ1n) is 25.5. The second kappa shape index (κ2) is 16.3. The molecule has 350 valence electrons. The van der Waals surface area contributed by atoms with Crippen LogP contribution in [0.4, 0.5) is 0 Å². The van der Waals surface area contributed by atoms with Gasteiger partial charge in [0.1, 0.15) is 11.1 Å². The lowest BCUT2D eigenvalue weighted by molar-refractivity contribution is -0.954. The smallest absolute Gasteiger partial charge is 0.316 e. The van der Waals surface area contributed by atoms with Crippen LogP contribution >= 0.6 is 11.3 Å². The van der Waals surface area contributed by atoms with E-state index in [1.807, 2.05) is 11.3 Å². The van der Waals surface area contributed by atoms with Crippen LogP contribution < -0.4 is 9.13 Å². The monoisotopic (exact) mass is 958 g/mol. The molecule has 0 fully saturated rings. The highest BCUT2D eigenvalue weighted by atomic mass is 32.1. The maximum atomic E-state index is 2.59. The predicted octanol–water partition coefficient (Wildman–Crippen LogP) is 15.3. The summed E-state index contributed by atoms with van der Waals surface area (Å²) >= 11 is 1.88. The number of benzene rings is 7. The van der Waals surface area contributed by atoms with Crippen LogP contribution in [0.15, 0.2) is 225 Å². The molecule has 0 N–H and O–H groups in total. The second-order valence-corrected chi connectivity index (χ2v) is 21.8. The van der Waals surface area contributed by atoms with Gasteiger partial charge in [-0.3, -0.25) is 0 Å². The Hall–Kier alpha value is -8.38. The highest BCUT2D eigenvalue weighted by Gasteiger charge is 2.66. The molecule has 0 saturated heterocycles. The third-order valence-corrected chi connectivity index (χ3v) is 17.4.